The fourth-order valence-electron chi connectivity index (χ4n) is 1.45. The molecule has 1 aromatic carbocycles. The maximum absolute atomic E-state index is 11.1. The molecule has 3 N–H and O–H groups in total. The summed E-state index contributed by atoms with van der Waals surface area (Å²) in [7, 11) is 0. The van der Waals surface area contributed by atoms with E-state index in [0.29, 0.717) is 25.9 Å². The van der Waals surface area contributed by atoms with E-state index < -0.39 is 0 Å². The summed E-state index contributed by atoms with van der Waals surface area (Å²) in [5, 5.41) is 11.3. The minimum absolute atomic E-state index is 0.0672. The Bertz CT molecular complexity index is 646. The number of hydrogen-bond acceptors (Lipinski definition) is 4. The minimum Gasteiger partial charge on any atom is -0.349 e. The molecule has 2 rings (SSSR count). The number of aromatic nitrogens is 3. The van der Waals surface area contributed by atoms with Crippen molar-refractivity contribution in [1.82, 2.24) is 20.3 Å². The Labute approximate surface area is 133 Å². The van der Waals surface area contributed by atoms with Crippen LogP contribution in [-0.4, -0.2) is 27.4 Å². The molecule has 0 aliphatic carbocycles. The monoisotopic (exact) mass is 377 g/mol. The van der Waals surface area contributed by atoms with Gasteiger partial charge in [-0.25, -0.2) is 4.68 Å². The molecule has 1 aromatic heterocycles. The molecule has 20 heavy (non-hydrogen) atoms. The highest BCUT2D eigenvalue weighted by atomic mass is 79.9. The average molecular weight is 379 g/mol. The molecule has 1 amide bonds. The molecule has 0 saturated carbocycles. The topological polar surface area (TPSA) is 85.8 Å². The first-order valence-electron chi connectivity index (χ1n) is 5.54. The Balaban J connectivity index is 2.21. The van der Waals surface area contributed by atoms with Gasteiger partial charge in [0.15, 0.2) is 0 Å². The number of amides is 1. The van der Waals surface area contributed by atoms with Gasteiger partial charge in [0.2, 0.25) is 5.91 Å². The van der Waals surface area contributed by atoms with Crippen molar-refractivity contribution in [3.63, 3.8) is 0 Å². The summed E-state index contributed by atoms with van der Waals surface area (Å²) in [6, 6.07) is 3.52. The van der Waals surface area contributed by atoms with E-state index in [0.717, 1.165) is 0 Å². The third kappa shape index (κ3) is 3.29. The number of benzene rings is 1. The van der Waals surface area contributed by atoms with Crippen LogP contribution < -0.4 is 11.1 Å². The van der Waals surface area contributed by atoms with E-state index in [2.05, 4.69) is 31.6 Å². The van der Waals surface area contributed by atoms with Gasteiger partial charge in [-0.15, -0.1) is 5.10 Å². The van der Waals surface area contributed by atoms with Crippen molar-refractivity contribution in [2.45, 2.75) is 6.54 Å². The molecule has 0 spiro atoms. The molecule has 0 bridgehead atoms. The second-order valence-corrected chi connectivity index (χ2v) is 5.44. The largest absolute Gasteiger partial charge is 0.349 e. The Morgan fingerprint density at radius 3 is 2.85 bits per heavy atom. The van der Waals surface area contributed by atoms with Gasteiger partial charge in [-0.1, -0.05) is 28.4 Å². The highest BCUT2D eigenvalue weighted by Crippen LogP contribution is 2.34. The lowest BCUT2D eigenvalue weighted by atomic mass is 10.3. The Morgan fingerprint density at radius 2 is 2.15 bits per heavy atom. The number of carbonyl (C=O) groups excluding carboxylic acids is 1. The van der Waals surface area contributed by atoms with E-state index in [1.54, 1.807) is 18.3 Å². The smallest absolute Gasteiger partial charge is 0.234 e. The van der Waals surface area contributed by atoms with E-state index >= 15 is 0 Å². The van der Waals surface area contributed by atoms with Crippen molar-refractivity contribution in [2.75, 3.05) is 6.54 Å². The van der Waals surface area contributed by atoms with Crippen LogP contribution >= 0.6 is 39.1 Å². The van der Waals surface area contributed by atoms with Gasteiger partial charge in [0, 0.05) is 4.47 Å². The Morgan fingerprint density at radius 1 is 1.40 bits per heavy atom. The van der Waals surface area contributed by atoms with Gasteiger partial charge in [-0.2, -0.15) is 0 Å². The van der Waals surface area contributed by atoms with Crippen LogP contribution in [0.5, 0.6) is 0 Å². The van der Waals surface area contributed by atoms with Crippen molar-refractivity contribution in [3.05, 3.63) is 38.5 Å². The SMILES string of the molecule is NCC(=O)NCc1cn(-c2ccc(Br)c(Cl)c2Cl)nn1. The maximum Gasteiger partial charge on any atom is 0.234 e. The zero-order valence-corrected chi connectivity index (χ0v) is 13.2. The van der Waals surface area contributed by atoms with Gasteiger partial charge in [0.25, 0.3) is 0 Å². The van der Waals surface area contributed by atoms with Gasteiger partial charge in [-0.3, -0.25) is 4.79 Å². The van der Waals surface area contributed by atoms with Crippen LogP contribution in [-0.2, 0) is 11.3 Å². The second kappa shape index (κ2) is 6.53. The van der Waals surface area contributed by atoms with Crippen molar-refractivity contribution < 1.29 is 4.79 Å². The molecule has 9 heteroatoms. The van der Waals surface area contributed by atoms with Gasteiger partial charge in [0.05, 0.1) is 35.0 Å². The normalized spacial score (nSPS) is 10.6. The van der Waals surface area contributed by atoms with Crippen LogP contribution in [0, 0.1) is 0 Å². The Hall–Kier alpha value is -1.15. The lowest BCUT2D eigenvalue weighted by Crippen LogP contribution is -2.29. The van der Waals surface area contributed by atoms with E-state index in [9.17, 15) is 4.79 Å². The van der Waals surface area contributed by atoms with Gasteiger partial charge in [0.1, 0.15) is 5.69 Å². The molecule has 2 aromatic rings. The van der Waals surface area contributed by atoms with Crippen LogP contribution in [0.25, 0.3) is 5.69 Å². The van der Waals surface area contributed by atoms with Crippen molar-refractivity contribution in [3.8, 4) is 5.69 Å². The minimum atomic E-state index is -0.260. The van der Waals surface area contributed by atoms with E-state index in [-0.39, 0.29) is 19.0 Å². The molecule has 0 unspecified atom stereocenters. The standard InChI is InChI=1S/C11H10BrCl2N5O/c12-7-1-2-8(11(14)10(7)13)19-5-6(17-18-19)4-16-9(20)3-15/h1-2,5H,3-4,15H2,(H,16,20). The predicted octanol–water partition coefficient (Wildman–Crippen LogP) is 1.91. The third-order valence-electron chi connectivity index (χ3n) is 2.45. The molecule has 1 heterocycles. The number of hydrogen-bond donors (Lipinski definition) is 2. The first kappa shape index (κ1) is 15.2. The molecule has 0 atom stereocenters. The zero-order chi connectivity index (χ0) is 14.7. The molecular formula is C11H10BrCl2N5O. The summed E-state index contributed by atoms with van der Waals surface area (Å²) >= 11 is 15.5. The van der Waals surface area contributed by atoms with Gasteiger partial charge < -0.3 is 11.1 Å². The van der Waals surface area contributed by atoms with Crippen molar-refractivity contribution in [1.29, 1.82) is 0 Å². The molecule has 0 aliphatic rings. The van der Waals surface area contributed by atoms with E-state index in [1.807, 2.05) is 0 Å². The summed E-state index contributed by atoms with van der Waals surface area (Å²) in [6.07, 6.45) is 1.66. The fraction of sp³-hybridized carbons (Fsp3) is 0.182. The summed E-state index contributed by atoms with van der Waals surface area (Å²) in [4.78, 5) is 11.1. The number of rotatable bonds is 4. The molecule has 0 aliphatic heterocycles. The van der Waals surface area contributed by atoms with Crippen LogP contribution in [0.1, 0.15) is 5.69 Å². The number of nitrogens with two attached hydrogens (primary N) is 1. The Kier molecular flexibility index (Phi) is 4.98. The average Bonchev–Trinajstić information content (AvgIpc) is 2.91. The number of nitrogens with one attached hydrogen (secondary N) is 1. The zero-order valence-electron chi connectivity index (χ0n) is 10.1. The molecular weight excluding hydrogens is 369 g/mol. The maximum atomic E-state index is 11.1. The summed E-state index contributed by atoms with van der Waals surface area (Å²) in [5.41, 5.74) is 6.38. The van der Waals surface area contributed by atoms with Crippen LogP contribution in [0.2, 0.25) is 10.0 Å². The fourth-order valence-corrected chi connectivity index (χ4v) is 2.31. The predicted molar refractivity (Wildman–Crippen MR) is 80.0 cm³/mol. The highest BCUT2D eigenvalue weighted by Gasteiger charge is 2.12. The number of halogens is 3. The lowest BCUT2D eigenvalue weighted by molar-refractivity contribution is -0.119. The third-order valence-corrected chi connectivity index (χ3v) is 4.22. The van der Waals surface area contributed by atoms with Gasteiger partial charge >= 0.3 is 0 Å². The summed E-state index contributed by atoms with van der Waals surface area (Å²) in [6.45, 7) is 0.181. The summed E-state index contributed by atoms with van der Waals surface area (Å²) < 4.78 is 2.19. The quantitative estimate of drug-likeness (QED) is 0.795. The highest BCUT2D eigenvalue weighted by molar-refractivity contribution is 9.10. The first-order chi connectivity index (χ1) is 9.52. The number of carbonyl (C=O) groups is 1. The molecule has 6 nitrogen and oxygen atoms in total. The first-order valence-corrected chi connectivity index (χ1v) is 7.09. The van der Waals surface area contributed by atoms with Crippen LogP contribution in [0.3, 0.4) is 0 Å². The lowest BCUT2D eigenvalue weighted by Gasteiger charge is -2.06. The number of nitrogens with zero attached hydrogens (tertiary/aromatic N) is 3. The van der Waals surface area contributed by atoms with Crippen molar-refractivity contribution in [2.24, 2.45) is 5.73 Å². The second-order valence-electron chi connectivity index (χ2n) is 3.83. The van der Waals surface area contributed by atoms with Gasteiger partial charge in [-0.05, 0) is 28.1 Å². The molecule has 106 valence electrons. The summed E-state index contributed by atoms with van der Waals surface area (Å²) in [5.74, 6) is -0.260. The molecule has 0 radical (unpaired) electrons. The van der Waals surface area contributed by atoms with Crippen molar-refractivity contribution >= 4 is 45.0 Å². The molecule has 0 fully saturated rings. The van der Waals surface area contributed by atoms with E-state index in [4.69, 9.17) is 28.9 Å². The van der Waals surface area contributed by atoms with Crippen LogP contribution in [0.4, 0.5) is 0 Å². The van der Waals surface area contributed by atoms with Crippen LogP contribution in [0.15, 0.2) is 22.8 Å². The van der Waals surface area contributed by atoms with E-state index in [1.165, 1.54) is 4.68 Å². The molecule has 0 saturated heterocycles.